The van der Waals surface area contributed by atoms with Crippen LogP contribution >= 0.6 is 11.6 Å². The lowest BCUT2D eigenvalue weighted by molar-refractivity contribution is 0.303. The second kappa shape index (κ2) is 6.11. The minimum atomic E-state index is -0.0141. The van der Waals surface area contributed by atoms with E-state index in [0.717, 1.165) is 5.56 Å². The standard InChI is InChI=1S/C14H13ClN2O2/c15-11-6-7-12(14(16)17-18)13(8-11)19-9-10-4-2-1-3-5-10/h1-8,18H,9H2,(H2,16,17). The van der Waals surface area contributed by atoms with Crippen molar-refractivity contribution in [2.75, 3.05) is 0 Å². The van der Waals surface area contributed by atoms with Crippen molar-refractivity contribution in [3.63, 3.8) is 0 Å². The van der Waals surface area contributed by atoms with Gasteiger partial charge in [0.25, 0.3) is 0 Å². The summed E-state index contributed by atoms with van der Waals surface area (Å²) >= 11 is 5.92. The van der Waals surface area contributed by atoms with Crippen LogP contribution in [0.2, 0.25) is 5.02 Å². The average molecular weight is 277 g/mol. The first-order valence-electron chi connectivity index (χ1n) is 5.65. The Kier molecular flexibility index (Phi) is 4.26. The highest BCUT2D eigenvalue weighted by Gasteiger charge is 2.09. The lowest BCUT2D eigenvalue weighted by Crippen LogP contribution is -2.14. The van der Waals surface area contributed by atoms with E-state index in [9.17, 15) is 0 Å². The molecule has 2 aromatic rings. The molecule has 98 valence electrons. The van der Waals surface area contributed by atoms with Gasteiger partial charge >= 0.3 is 0 Å². The molecule has 4 nitrogen and oxygen atoms in total. The fourth-order valence-electron chi connectivity index (χ4n) is 1.62. The summed E-state index contributed by atoms with van der Waals surface area (Å²) in [7, 11) is 0. The molecule has 3 N–H and O–H groups in total. The lowest BCUT2D eigenvalue weighted by Gasteiger charge is -2.11. The van der Waals surface area contributed by atoms with Gasteiger partial charge in [0.2, 0.25) is 0 Å². The van der Waals surface area contributed by atoms with Crippen LogP contribution in [0.15, 0.2) is 53.7 Å². The quantitative estimate of drug-likeness (QED) is 0.390. The molecule has 0 aliphatic carbocycles. The van der Waals surface area contributed by atoms with E-state index in [1.165, 1.54) is 0 Å². The number of oxime groups is 1. The van der Waals surface area contributed by atoms with Crippen LogP contribution in [0.5, 0.6) is 5.75 Å². The summed E-state index contributed by atoms with van der Waals surface area (Å²) in [4.78, 5) is 0. The van der Waals surface area contributed by atoms with E-state index in [4.69, 9.17) is 27.3 Å². The highest BCUT2D eigenvalue weighted by Crippen LogP contribution is 2.24. The van der Waals surface area contributed by atoms with Crippen LogP contribution in [0.3, 0.4) is 0 Å². The first-order valence-corrected chi connectivity index (χ1v) is 6.02. The Bertz CT molecular complexity index is 585. The van der Waals surface area contributed by atoms with Gasteiger partial charge in [-0.05, 0) is 23.8 Å². The topological polar surface area (TPSA) is 67.8 Å². The Hall–Kier alpha value is -2.20. The summed E-state index contributed by atoms with van der Waals surface area (Å²) in [6, 6.07) is 14.6. The number of rotatable bonds is 4. The number of amidine groups is 1. The van der Waals surface area contributed by atoms with E-state index in [-0.39, 0.29) is 5.84 Å². The minimum Gasteiger partial charge on any atom is -0.488 e. The lowest BCUT2D eigenvalue weighted by atomic mass is 10.2. The SMILES string of the molecule is N/C(=N/O)c1ccc(Cl)cc1OCc1ccccc1. The molecule has 0 atom stereocenters. The van der Waals surface area contributed by atoms with Gasteiger partial charge in [0, 0.05) is 5.02 Å². The number of benzene rings is 2. The van der Waals surface area contributed by atoms with E-state index in [1.807, 2.05) is 30.3 Å². The van der Waals surface area contributed by atoms with Gasteiger partial charge in [0.1, 0.15) is 12.4 Å². The van der Waals surface area contributed by atoms with Crippen molar-refractivity contribution in [2.45, 2.75) is 6.61 Å². The summed E-state index contributed by atoms with van der Waals surface area (Å²) in [5.74, 6) is 0.464. The van der Waals surface area contributed by atoms with Gasteiger partial charge in [0.05, 0.1) is 5.56 Å². The normalized spacial score (nSPS) is 11.3. The van der Waals surface area contributed by atoms with Gasteiger partial charge in [-0.1, -0.05) is 47.1 Å². The molecule has 0 amide bonds. The fraction of sp³-hybridized carbons (Fsp3) is 0.0714. The molecule has 0 radical (unpaired) electrons. The molecule has 0 saturated heterocycles. The maximum atomic E-state index is 8.74. The van der Waals surface area contributed by atoms with Crippen molar-refractivity contribution in [3.8, 4) is 5.75 Å². The maximum Gasteiger partial charge on any atom is 0.173 e. The molecule has 5 heteroatoms. The fourth-order valence-corrected chi connectivity index (χ4v) is 1.78. The minimum absolute atomic E-state index is 0.0141. The first kappa shape index (κ1) is 13.2. The molecule has 0 unspecified atom stereocenters. The largest absolute Gasteiger partial charge is 0.488 e. The zero-order valence-electron chi connectivity index (χ0n) is 10.1. The van der Waals surface area contributed by atoms with E-state index in [0.29, 0.717) is 22.9 Å². The van der Waals surface area contributed by atoms with Crippen LogP contribution in [0.1, 0.15) is 11.1 Å². The molecule has 0 bridgehead atoms. The number of nitrogens with zero attached hydrogens (tertiary/aromatic N) is 1. The molecule has 19 heavy (non-hydrogen) atoms. The molecule has 0 heterocycles. The zero-order valence-corrected chi connectivity index (χ0v) is 10.8. The average Bonchev–Trinajstić information content (AvgIpc) is 2.45. The van der Waals surface area contributed by atoms with Gasteiger partial charge in [-0.25, -0.2) is 0 Å². The number of hydrogen-bond donors (Lipinski definition) is 2. The summed E-state index contributed by atoms with van der Waals surface area (Å²) in [6.07, 6.45) is 0. The Labute approximate surface area is 116 Å². The second-order valence-corrected chi connectivity index (χ2v) is 4.34. The van der Waals surface area contributed by atoms with Gasteiger partial charge in [-0.3, -0.25) is 0 Å². The predicted molar refractivity (Wildman–Crippen MR) is 74.7 cm³/mol. The van der Waals surface area contributed by atoms with Crippen molar-refractivity contribution in [1.29, 1.82) is 0 Å². The van der Waals surface area contributed by atoms with Gasteiger partial charge in [-0.2, -0.15) is 0 Å². The third kappa shape index (κ3) is 3.39. The zero-order chi connectivity index (χ0) is 13.7. The number of ether oxygens (including phenoxy) is 1. The predicted octanol–water partition coefficient (Wildman–Crippen LogP) is 3.01. The van der Waals surface area contributed by atoms with Crippen molar-refractivity contribution in [1.82, 2.24) is 0 Å². The van der Waals surface area contributed by atoms with Crippen molar-refractivity contribution in [3.05, 3.63) is 64.7 Å². The van der Waals surface area contributed by atoms with E-state index >= 15 is 0 Å². The monoisotopic (exact) mass is 276 g/mol. The number of nitrogens with two attached hydrogens (primary N) is 1. The summed E-state index contributed by atoms with van der Waals surface area (Å²) in [5, 5.41) is 12.2. The maximum absolute atomic E-state index is 8.74. The molecule has 2 aromatic carbocycles. The Morgan fingerprint density at radius 1 is 1.21 bits per heavy atom. The van der Waals surface area contributed by atoms with Crippen LogP contribution in [0.4, 0.5) is 0 Å². The van der Waals surface area contributed by atoms with Crippen LogP contribution in [0.25, 0.3) is 0 Å². The molecule has 0 aliphatic rings. The Morgan fingerprint density at radius 2 is 1.95 bits per heavy atom. The number of halogens is 1. The van der Waals surface area contributed by atoms with Crippen LogP contribution in [0, 0.1) is 0 Å². The van der Waals surface area contributed by atoms with Crippen LogP contribution in [-0.4, -0.2) is 11.0 Å². The summed E-state index contributed by atoms with van der Waals surface area (Å²) < 4.78 is 5.67. The van der Waals surface area contributed by atoms with Gasteiger partial charge in [0.15, 0.2) is 5.84 Å². The van der Waals surface area contributed by atoms with Gasteiger partial charge < -0.3 is 15.7 Å². The smallest absolute Gasteiger partial charge is 0.173 e. The molecular weight excluding hydrogens is 264 g/mol. The Balaban J connectivity index is 2.21. The third-order valence-corrected chi connectivity index (χ3v) is 2.80. The van der Waals surface area contributed by atoms with Crippen molar-refractivity contribution < 1.29 is 9.94 Å². The molecule has 2 rings (SSSR count). The van der Waals surface area contributed by atoms with E-state index in [2.05, 4.69) is 5.16 Å². The summed E-state index contributed by atoms with van der Waals surface area (Å²) in [6.45, 7) is 0.382. The number of hydrogen-bond acceptors (Lipinski definition) is 3. The van der Waals surface area contributed by atoms with Crippen LogP contribution in [-0.2, 0) is 6.61 Å². The molecular formula is C14H13ClN2O2. The van der Waals surface area contributed by atoms with Crippen molar-refractivity contribution >= 4 is 17.4 Å². The first-order chi connectivity index (χ1) is 9.20. The highest BCUT2D eigenvalue weighted by molar-refractivity contribution is 6.30. The van der Waals surface area contributed by atoms with Crippen LogP contribution < -0.4 is 10.5 Å². The summed E-state index contributed by atoms with van der Waals surface area (Å²) in [5.41, 5.74) is 7.11. The highest BCUT2D eigenvalue weighted by atomic mass is 35.5. The Morgan fingerprint density at radius 3 is 2.63 bits per heavy atom. The van der Waals surface area contributed by atoms with Crippen molar-refractivity contribution in [2.24, 2.45) is 10.9 Å². The molecule has 0 saturated carbocycles. The second-order valence-electron chi connectivity index (χ2n) is 3.90. The third-order valence-electron chi connectivity index (χ3n) is 2.56. The molecule has 0 aromatic heterocycles. The van der Waals surface area contributed by atoms with E-state index in [1.54, 1.807) is 18.2 Å². The molecule has 0 aliphatic heterocycles. The van der Waals surface area contributed by atoms with E-state index < -0.39 is 0 Å². The molecule has 0 fully saturated rings. The van der Waals surface area contributed by atoms with Gasteiger partial charge in [-0.15, -0.1) is 0 Å². The molecule has 0 spiro atoms.